The molecule has 29 heavy (non-hydrogen) atoms. The molecule has 5 nitrogen and oxygen atoms in total. The van der Waals surface area contributed by atoms with E-state index in [0.717, 1.165) is 29.8 Å². The van der Waals surface area contributed by atoms with Gasteiger partial charge in [0, 0.05) is 18.0 Å². The van der Waals surface area contributed by atoms with Crippen LogP contribution in [-0.4, -0.2) is 27.7 Å². The average molecular weight is 425 g/mol. The summed E-state index contributed by atoms with van der Waals surface area (Å²) in [6, 6.07) is 6.82. The van der Waals surface area contributed by atoms with Gasteiger partial charge in [0.05, 0.1) is 10.6 Å². The van der Waals surface area contributed by atoms with Gasteiger partial charge in [-0.05, 0) is 42.3 Å². The van der Waals surface area contributed by atoms with Crippen LogP contribution in [0.5, 0.6) is 0 Å². The van der Waals surface area contributed by atoms with Crippen LogP contribution in [0.2, 0.25) is 5.02 Å². The van der Waals surface area contributed by atoms with E-state index in [-0.39, 0.29) is 16.8 Å². The highest BCUT2D eigenvalue weighted by Crippen LogP contribution is 2.34. The summed E-state index contributed by atoms with van der Waals surface area (Å²) in [6.07, 6.45) is -4.78. The van der Waals surface area contributed by atoms with Gasteiger partial charge >= 0.3 is 12.1 Å². The quantitative estimate of drug-likeness (QED) is 0.627. The van der Waals surface area contributed by atoms with Crippen molar-refractivity contribution in [2.45, 2.75) is 19.1 Å². The Morgan fingerprint density at radius 1 is 1.14 bits per heavy atom. The van der Waals surface area contributed by atoms with E-state index in [1.165, 1.54) is 10.6 Å². The molecule has 0 aliphatic carbocycles. The Hall–Kier alpha value is -3.00. The van der Waals surface area contributed by atoms with E-state index in [1.807, 2.05) is 5.32 Å². The summed E-state index contributed by atoms with van der Waals surface area (Å²) in [6.45, 7) is 1.79. The third-order valence-electron chi connectivity index (χ3n) is 4.68. The number of rotatable bonds is 4. The number of carbonyl (C=O) groups is 2. The van der Waals surface area contributed by atoms with Crippen LogP contribution in [0, 0.1) is 6.92 Å². The van der Waals surface area contributed by atoms with Crippen LogP contribution in [0.3, 0.4) is 0 Å². The number of aromatic nitrogens is 1. The number of alkyl halides is 3. The molecule has 1 amide bonds. The third kappa shape index (κ3) is 3.93. The lowest BCUT2D eigenvalue weighted by Gasteiger charge is -2.22. The molecule has 1 unspecified atom stereocenters. The Bertz CT molecular complexity index is 1100. The maximum absolute atomic E-state index is 13.6. The SMILES string of the molecule is Cc1ccc2c(cc(C(=O)NC(c3ccc(C(=O)O)cc3)C(F)(F)F)n2C)c1Cl. The van der Waals surface area contributed by atoms with E-state index < -0.39 is 24.1 Å². The molecule has 1 atom stereocenters. The molecule has 2 aromatic carbocycles. The first-order chi connectivity index (χ1) is 13.5. The zero-order valence-electron chi connectivity index (χ0n) is 15.3. The smallest absolute Gasteiger partial charge is 0.412 e. The number of nitrogens with one attached hydrogen (secondary N) is 1. The van der Waals surface area contributed by atoms with E-state index in [4.69, 9.17) is 16.7 Å². The Balaban J connectivity index is 1.97. The van der Waals surface area contributed by atoms with E-state index in [0.29, 0.717) is 15.9 Å². The molecule has 3 aromatic rings. The fourth-order valence-electron chi connectivity index (χ4n) is 3.08. The number of carbonyl (C=O) groups excluding carboxylic acids is 1. The van der Waals surface area contributed by atoms with Crippen molar-refractivity contribution >= 4 is 34.4 Å². The number of aryl methyl sites for hydroxylation is 2. The lowest BCUT2D eigenvalue weighted by molar-refractivity contribution is -0.155. The lowest BCUT2D eigenvalue weighted by Crippen LogP contribution is -2.38. The second-order valence-corrected chi connectivity index (χ2v) is 6.97. The number of amides is 1. The van der Waals surface area contributed by atoms with Crippen molar-refractivity contribution in [2.75, 3.05) is 0 Å². The molecule has 1 heterocycles. The first kappa shape index (κ1) is 20.7. The van der Waals surface area contributed by atoms with Gasteiger partial charge in [0.2, 0.25) is 0 Å². The zero-order chi connectivity index (χ0) is 21.5. The third-order valence-corrected chi connectivity index (χ3v) is 5.18. The number of fused-ring (bicyclic) bond motifs is 1. The molecule has 152 valence electrons. The van der Waals surface area contributed by atoms with Crippen molar-refractivity contribution in [3.8, 4) is 0 Å². The Morgan fingerprint density at radius 2 is 1.76 bits per heavy atom. The molecule has 2 N–H and O–H groups in total. The van der Waals surface area contributed by atoms with Gasteiger partial charge in [0.25, 0.3) is 5.91 Å². The summed E-state index contributed by atoms with van der Waals surface area (Å²) in [5.41, 5.74) is 0.982. The first-order valence-corrected chi connectivity index (χ1v) is 8.84. The fourth-order valence-corrected chi connectivity index (χ4v) is 3.29. The number of halogens is 4. The van der Waals surface area contributed by atoms with Gasteiger partial charge in [0.1, 0.15) is 5.69 Å². The molecular weight excluding hydrogens is 409 g/mol. The molecular formula is C20H16ClF3N2O3. The molecule has 1 aromatic heterocycles. The van der Waals surface area contributed by atoms with E-state index >= 15 is 0 Å². The van der Waals surface area contributed by atoms with Crippen molar-refractivity contribution in [3.63, 3.8) is 0 Å². The fraction of sp³-hybridized carbons (Fsp3) is 0.200. The molecule has 9 heteroatoms. The van der Waals surface area contributed by atoms with Crippen LogP contribution in [-0.2, 0) is 7.05 Å². The van der Waals surface area contributed by atoms with Gasteiger partial charge in [-0.25, -0.2) is 4.79 Å². The monoisotopic (exact) mass is 424 g/mol. The van der Waals surface area contributed by atoms with Gasteiger partial charge in [0.15, 0.2) is 6.04 Å². The van der Waals surface area contributed by atoms with Crippen molar-refractivity contribution in [1.82, 2.24) is 9.88 Å². The number of nitrogens with zero attached hydrogens (tertiary/aromatic N) is 1. The molecule has 0 spiro atoms. The van der Waals surface area contributed by atoms with Gasteiger partial charge in [-0.2, -0.15) is 13.2 Å². The highest BCUT2D eigenvalue weighted by atomic mass is 35.5. The second kappa shape index (κ2) is 7.44. The second-order valence-electron chi connectivity index (χ2n) is 6.59. The summed E-state index contributed by atoms with van der Waals surface area (Å²) in [5, 5.41) is 11.9. The largest absolute Gasteiger partial charge is 0.478 e. The summed E-state index contributed by atoms with van der Waals surface area (Å²) < 4.78 is 42.3. The minimum absolute atomic E-state index is 0.0175. The van der Waals surface area contributed by atoms with Gasteiger partial charge < -0.3 is 15.0 Å². The normalized spacial score (nSPS) is 12.8. The molecule has 0 aliphatic heterocycles. The van der Waals surface area contributed by atoms with Crippen molar-refractivity contribution in [3.05, 3.63) is 69.9 Å². The van der Waals surface area contributed by atoms with Crippen molar-refractivity contribution in [1.29, 1.82) is 0 Å². The lowest BCUT2D eigenvalue weighted by atomic mass is 10.0. The average Bonchev–Trinajstić information content (AvgIpc) is 2.99. The van der Waals surface area contributed by atoms with Crippen LogP contribution in [0.4, 0.5) is 13.2 Å². The van der Waals surface area contributed by atoms with Gasteiger partial charge in [-0.3, -0.25) is 4.79 Å². The number of hydrogen-bond acceptors (Lipinski definition) is 2. The van der Waals surface area contributed by atoms with E-state index in [1.54, 1.807) is 26.1 Å². The van der Waals surface area contributed by atoms with Crippen LogP contribution in [0.25, 0.3) is 10.9 Å². The van der Waals surface area contributed by atoms with Gasteiger partial charge in [-0.15, -0.1) is 0 Å². The molecule has 0 fully saturated rings. The summed E-state index contributed by atoms with van der Waals surface area (Å²) in [5.74, 6) is -2.19. The number of carboxylic acid groups (broad SMARTS) is 1. The highest BCUT2D eigenvalue weighted by Gasteiger charge is 2.42. The molecule has 0 radical (unpaired) electrons. The Labute approximate surface area is 168 Å². The van der Waals surface area contributed by atoms with Crippen LogP contribution in [0.15, 0.2) is 42.5 Å². The number of hydrogen-bond donors (Lipinski definition) is 2. The summed E-state index contributed by atoms with van der Waals surface area (Å²) >= 11 is 6.26. The number of carboxylic acids is 1. The molecule has 3 rings (SSSR count). The standard InChI is InChI=1S/C20H16ClF3N2O3/c1-10-3-8-14-13(16(10)21)9-15(26(14)2)18(27)25-17(20(22,23)24)11-4-6-12(7-5-11)19(28)29/h3-9,17H,1-2H3,(H,25,27)(H,28,29). The van der Waals surface area contributed by atoms with Crippen LogP contribution < -0.4 is 5.32 Å². The molecule has 0 aliphatic rings. The number of benzene rings is 2. The maximum atomic E-state index is 13.6. The number of aromatic carboxylic acids is 1. The minimum atomic E-state index is -4.78. The first-order valence-electron chi connectivity index (χ1n) is 8.46. The molecule has 0 bridgehead atoms. The van der Waals surface area contributed by atoms with E-state index in [9.17, 15) is 22.8 Å². The Morgan fingerprint density at radius 3 is 2.31 bits per heavy atom. The topological polar surface area (TPSA) is 71.3 Å². The maximum Gasteiger partial charge on any atom is 0.412 e. The summed E-state index contributed by atoms with van der Waals surface area (Å²) in [7, 11) is 1.56. The molecule has 0 saturated heterocycles. The predicted octanol–water partition coefficient (Wildman–Crippen LogP) is 4.87. The Kier molecular flexibility index (Phi) is 5.32. The summed E-state index contributed by atoms with van der Waals surface area (Å²) in [4.78, 5) is 23.6. The van der Waals surface area contributed by atoms with Crippen LogP contribution in [0.1, 0.15) is 38.0 Å². The van der Waals surface area contributed by atoms with Crippen molar-refractivity contribution < 1.29 is 27.9 Å². The van der Waals surface area contributed by atoms with Crippen LogP contribution >= 0.6 is 11.6 Å². The zero-order valence-corrected chi connectivity index (χ0v) is 16.1. The predicted molar refractivity (Wildman–Crippen MR) is 102 cm³/mol. The highest BCUT2D eigenvalue weighted by molar-refractivity contribution is 6.36. The van der Waals surface area contributed by atoms with Gasteiger partial charge in [-0.1, -0.05) is 29.8 Å². The minimum Gasteiger partial charge on any atom is -0.478 e. The van der Waals surface area contributed by atoms with Crippen molar-refractivity contribution in [2.24, 2.45) is 7.05 Å². The molecule has 0 saturated carbocycles. The van der Waals surface area contributed by atoms with E-state index in [2.05, 4.69) is 0 Å².